The number of carbonyl (C=O) groups is 2. The van der Waals surface area contributed by atoms with Gasteiger partial charge >= 0.3 is 5.97 Å². The highest BCUT2D eigenvalue weighted by Crippen LogP contribution is 2.47. The molecule has 30 heavy (non-hydrogen) atoms. The Morgan fingerprint density at radius 3 is 2.63 bits per heavy atom. The maximum Gasteiger partial charge on any atom is 0.336 e. The van der Waals surface area contributed by atoms with Crippen LogP contribution in [0.5, 0.6) is 5.75 Å². The number of esters is 1. The monoisotopic (exact) mass is 409 g/mol. The van der Waals surface area contributed by atoms with Crippen molar-refractivity contribution >= 4 is 11.8 Å². The first kappa shape index (κ1) is 20.7. The molecule has 0 saturated carbocycles. The lowest BCUT2D eigenvalue weighted by molar-refractivity contribution is -0.136. The molecule has 1 N–H and O–H groups in total. The molecule has 2 aliphatic heterocycles. The Hall–Kier alpha value is -2.56. The topological polar surface area (TPSA) is 64.6 Å². The normalized spacial score (nSPS) is 24.5. The third kappa shape index (κ3) is 3.55. The predicted molar refractivity (Wildman–Crippen MR) is 115 cm³/mol. The molecule has 1 aromatic rings. The zero-order valence-corrected chi connectivity index (χ0v) is 18.8. The van der Waals surface area contributed by atoms with Crippen LogP contribution in [-0.2, 0) is 20.7 Å². The van der Waals surface area contributed by atoms with Crippen LogP contribution in [0.1, 0.15) is 70.9 Å². The van der Waals surface area contributed by atoms with E-state index in [0.717, 1.165) is 47.5 Å². The zero-order chi connectivity index (χ0) is 21.8. The van der Waals surface area contributed by atoms with Gasteiger partial charge in [0.2, 0.25) is 0 Å². The standard InChI is InChI=1S/C25H31NO4/c1-14-20(23(28)29-6)21(22-17(26-14)12-24(2,3)13-18(22)27)16-7-8-19-15(11-16)9-10-25(4,5)30-19/h7-8,11,21,26H,9-10,12-13H2,1-6H3/t21-/m1/s1. The first-order chi connectivity index (χ1) is 14.0. The molecule has 0 aromatic heterocycles. The molecule has 160 valence electrons. The summed E-state index contributed by atoms with van der Waals surface area (Å²) >= 11 is 0. The third-order valence-corrected chi connectivity index (χ3v) is 6.45. The van der Waals surface area contributed by atoms with Crippen molar-refractivity contribution in [3.8, 4) is 5.75 Å². The highest BCUT2D eigenvalue weighted by atomic mass is 16.5. The molecular formula is C25H31NO4. The minimum atomic E-state index is -0.419. The van der Waals surface area contributed by atoms with Crippen molar-refractivity contribution < 1.29 is 19.1 Å². The van der Waals surface area contributed by atoms with E-state index in [-0.39, 0.29) is 16.8 Å². The Balaban J connectivity index is 1.85. The van der Waals surface area contributed by atoms with Crippen LogP contribution >= 0.6 is 0 Å². The second kappa shape index (κ2) is 7.00. The number of Topliss-reactive ketones (excluding diaryl/α,β-unsaturated/α-hetero) is 1. The lowest BCUT2D eigenvalue weighted by Crippen LogP contribution is -2.38. The third-order valence-electron chi connectivity index (χ3n) is 6.45. The molecule has 4 rings (SSSR count). The summed E-state index contributed by atoms with van der Waals surface area (Å²) in [4.78, 5) is 26.0. The molecule has 0 fully saturated rings. The molecule has 0 saturated heterocycles. The number of nitrogens with one attached hydrogen (secondary N) is 1. The molecule has 2 heterocycles. The van der Waals surface area contributed by atoms with Gasteiger partial charge in [0.15, 0.2) is 5.78 Å². The number of hydrogen-bond acceptors (Lipinski definition) is 5. The maximum atomic E-state index is 13.3. The minimum Gasteiger partial charge on any atom is -0.488 e. The molecule has 0 radical (unpaired) electrons. The van der Waals surface area contributed by atoms with Crippen molar-refractivity contribution in [1.82, 2.24) is 5.32 Å². The van der Waals surface area contributed by atoms with Gasteiger partial charge in [-0.1, -0.05) is 26.0 Å². The number of ether oxygens (including phenoxy) is 2. The number of allylic oxidation sites excluding steroid dienone is 3. The average Bonchev–Trinajstić information content (AvgIpc) is 2.64. The fraction of sp³-hybridized carbons (Fsp3) is 0.520. The van der Waals surface area contributed by atoms with Gasteiger partial charge in [-0.3, -0.25) is 4.79 Å². The highest BCUT2D eigenvalue weighted by Gasteiger charge is 2.43. The number of rotatable bonds is 2. The van der Waals surface area contributed by atoms with E-state index in [9.17, 15) is 9.59 Å². The van der Waals surface area contributed by atoms with E-state index < -0.39 is 11.9 Å². The summed E-state index contributed by atoms with van der Waals surface area (Å²) in [7, 11) is 1.39. The van der Waals surface area contributed by atoms with Crippen LogP contribution in [0, 0.1) is 5.41 Å². The average molecular weight is 410 g/mol. The maximum absolute atomic E-state index is 13.3. The summed E-state index contributed by atoms with van der Waals surface area (Å²) < 4.78 is 11.3. The Morgan fingerprint density at radius 1 is 1.20 bits per heavy atom. The second-order valence-corrected chi connectivity index (χ2v) is 10.2. The Labute approximate surface area is 178 Å². The van der Waals surface area contributed by atoms with Crippen molar-refractivity contribution in [1.29, 1.82) is 0 Å². The summed E-state index contributed by atoms with van der Waals surface area (Å²) in [5.41, 5.74) is 4.69. The smallest absolute Gasteiger partial charge is 0.336 e. The van der Waals surface area contributed by atoms with E-state index in [2.05, 4.69) is 39.1 Å². The predicted octanol–water partition coefficient (Wildman–Crippen LogP) is 4.57. The van der Waals surface area contributed by atoms with Crippen LogP contribution in [0.25, 0.3) is 0 Å². The van der Waals surface area contributed by atoms with Gasteiger partial charge in [-0.25, -0.2) is 4.79 Å². The molecule has 0 amide bonds. The van der Waals surface area contributed by atoms with Crippen molar-refractivity contribution in [2.75, 3.05) is 7.11 Å². The van der Waals surface area contributed by atoms with Gasteiger partial charge < -0.3 is 14.8 Å². The lowest BCUT2D eigenvalue weighted by Gasteiger charge is -2.39. The van der Waals surface area contributed by atoms with Crippen LogP contribution in [-0.4, -0.2) is 24.5 Å². The first-order valence-electron chi connectivity index (χ1n) is 10.7. The number of ketones is 1. The van der Waals surface area contributed by atoms with Crippen LogP contribution < -0.4 is 10.1 Å². The quantitative estimate of drug-likeness (QED) is 0.725. The van der Waals surface area contributed by atoms with E-state index in [0.29, 0.717) is 17.6 Å². The summed E-state index contributed by atoms with van der Waals surface area (Å²) in [6, 6.07) is 6.08. The Bertz CT molecular complexity index is 996. The molecule has 0 unspecified atom stereocenters. The number of methoxy groups -OCH3 is 1. The molecule has 0 bridgehead atoms. The van der Waals surface area contributed by atoms with Crippen molar-refractivity contribution in [2.45, 2.75) is 71.8 Å². The fourth-order valence-corrected chi connectivity index (χ4v) is 5.01. The number of dihydropyridines is 1. The van der Waals surface area contributed by atoms with Crippen molar-refractivity contribution in [3.05, 3.63) is 51.9 Å². The van der Waals surface area contributed by atoms with Crippen LogP contribution in [0.3, 0.4) is 0 Å². The SMILES string of the molecule is COC(=O)C1=C(C)NC2=C(C(=O)CC(C)(C)C2)[C@@H]1c1ccc2c(c1)CCC(C)(C)O2. The van der Waals surface area contributed by atoms with Gasteiger partial charge in [0.25, 0.3) is 0 Å². The van der Waals surface area contributed by atoms with Crippen molar-refractivity contribution in [3.63, 3.8) is 0 Å². The summed E-state index contributed by atoms with van der Waals surface area (Å²) in [5.74, 6) is 0.166. The Kier molecular flexibility index (Phi) is 4.83. The number of fused-ring (bicyclic) bond motifs is 1. The van der Waals surface area contributed by atoms with E-state index in [1.54, 1.807) is 0 Å². The molecule has 0 spiro atoms. The number of aryl methyl sites for hydroxylation is 1. The molecule has 1 atom stereocenters. The van der Waals surface area contributed by atoms with Crippen LogP contribution in [0.2, 0.25) is 0 Å². The zero-order valence-electron chi connectivity index (χ0n) is 18.8. The molecule has 5 nitrogen and oxygen atoms in total. The lowest BCUT2D eigenvalue weighted by atomic mass is 9.68. The Morgan fingerprint density at radius 2 is 1.93 bits per heavy atom. The molecule has 3 aliphatic rings. The second-order valence-electron chi connectivity index (χ2n) is 10.2. The van der Waals surface area contributed by atoms with E-state index in [1.807, 2.05) is 19.1 Å². The van der Waals surface area contributed by atoms with E-state index in [4.69, 9.17) is 9.47 Å². The number of hydrogen-bond donors (Lipinski definition) is 1. The minimum absolute atomic E-state index is 0.0998. The van der Waals surface area contributed by atoms with Crippen LogP contribution in [0.4, 0.5) is 0 Å². The van der Waals surface area contributed by atoms with Gasteiger partial charge in [0, 0.05) is 29.3 Å². The van der Waals surface area contributed by atoms with Gasteiger partial charge in [0.1, 0.15) is 11.4 Å². The van der Waals surface area contributed by atoms with Gasteiger partial charge in [0.05, 0.1) is 12.7 Å². The molecule has 1 aromatic carbocycles. The summed E-state index contributed by atoms with van der Waals surface area (Å²) in [6.07, 6.45) is 3.08. The number of carbonyl (C=O) groups excluding carboxylic acids is 2. The number of benzene rings is 1. The van der Waals surface area contributed by atoms with E-state index >= 15 is 0 Å². The molecular weight excluding hydrogens is 378 g/mol. The summed E-state index contributed by atoms with van der Waals surface area (Å²) in [6.45, 7) is 10.3. The largest absolute Gasteiger partial charge is 0.488 e. The summed E-state index contributed by atoms with van der Waals surface area (Å²) in [5, 5.41) is 3.36. The van der Waals surface area contributed by atoms with Gasteiger partial charge in [-0.15, -0.1) is 0 Å². The first-order valence-corrected chi connectivity index (χ1v) is 10.7. The van der Waals surface area contributed by atoms with E-state index in [1.165, 1.54) is 7.11 Å². The molecule has 1 aliphatic carbocycles. The van der Waals surface area contributed by atoms with Crippen LogP contribution in [0.15, 0.2) is 40.7 Å². The van der Waals surface area contributed by atoms with Gasteiger partial charge in [-0.05, 0) is 62.6 Å². The van der Waals surface area contributed by atoms with Crippen molar-refractivity contribution in [2.24, 2.45) is 5.41 Å². The molecule has 5 heteroatoms. The fourth-order valence-electron chi connectivity index (χ4n) is 5.01. The highest BCUT2D eigenvalue weighted by molar-refractivity contribution is 6.04. The van der Waals surface area contributed by atoms with Gasteiger partial charge in [-0.2, -0.15) is 0 Å².